The molecule has 1 aromatic rings. The first-order valence-electron chi connectivity index (χ1n) is 6.18. The predicted octanol–water partition coefficient (Wildman–Crippen LogP) is 3.95. The minimum absolute atomic E-state index is 0.433. The second kappa shape index (κ2) is 5.94. The van der Waals surface area contributed by atoms with Crippen LogP contribution in [0.25, 0.3) is 0 Å². The Morgan fingerprint density at radius 2 is 2.07 bits per heavy atom. The quantitative estimate of drug-likeness (QED) is 0.722. The van der Waals surface area contributed by atoms with Gasteiger partial charge in [-0.05, 0) is 18.3 Å². The van der Waals surface area contributed by atoms with Gasteiger partial charge in [-0.1, -0.05) is 40.0 Å². The summed E-state index contributed by atoms with van der Waals surface area (Å²) in [6.45, 7) is 6.93. The fourth-order valence-electron chi connectivity index (χ4n) is 2.31. The molecule has 0 aliphatic heterocycles. The Labute approximate surface area is 93.5 Å². The lowest BCUT2D eigenvalue weighted by atomic mass is 9.78. The summed E-state index contributed by atoms with van der Waals surface area (Å²) >= 11 is 0. The topological polar surface area (TPSA) is 28.7 Å². The minimum atomic E-state index is 0.433. The highest BCUT2D eigenvalue weighted by Gasteiger charge is 2.23. The van der Waals surface area contributed by atoms with Crippen LogP contribution >= 0.6 is 0 Å². The maximum Gasteiger partial charge on any atom is 0.106 e. The van der Waals surface area contributed by atoms with Crippen molar-refractivity contribution in [3.63, 3.8) is 0 Å². The molecule has 15 heavy (non-hydrogen) atoms. The Hall–Kier alpha value is -0.790. The van der Waals surface area contributed by atoms with Gasteiger partial charge in [0.1, 0.15) is 5.82 Å². The molecule has 2 nitrogen and oxygen atoms in total. The Bertz CT molecular complexity index is 254. The average Bonchev–Trinajstić information content (AvgIpc) is 2.68. The Morgan fingerprint density at radius 1 is 1.27 bits per heavy atom. The van der Waals surface area contributed by atoms with Crippen molar-refractivity contribution in [3.8, 4) is 0 Å². The van der Waals surface area contributed by atoms with E-state index in [2.05, 4.69) is 30.7 Å². The van der Waals surface area contributed by atoms with Crippen molar-refractivity contribution in [1.29, 1.82) is 0 Å². The van der Waals surface area contributed by atoms with Crippen LogP contribution in [0.5, 0.6) is 0 Å². The second-order valence-electron chi connectivity index (χ2n) is 4.88. The number of hydrogen-bond acceptors (Lipinski definition) is 1. The summed E-state index contributed by atoms with van der Waals surface area (Å²) in [7, 11) is 0. The van der Waals surface area contributed by atoms with E-state index in [0.29, 0.717) is 5.41 Å². The smallest absolute Gasteiger partial charge is 0.106 e. The largest absolute Gasteiger partial charge is 0.349 e. The van der Waals surface area contributed by atoms with E-state index in [4.69, 9.17) is 0 Å². The zero-order chi connectivity index (χ0) is 11.1. The summed E-state index contributed by atoms with van der Waals surface area (Å²) in [5.41, 5.74) is 0.433. The van der Waals surface area contributed by atoms with Crippen molar-refractivity contribution in [1.82, 2.24) is 9.97 Å². The number of unbranched alkanes of at least 4 members (excludes halogenated alkanes) is 1. The van der Waals surface area contributed by atoms with E-state index in [0.717, 1.165) is 12.2 Å². The molecule has 86 valence electrons. The van der Waals surface area contributed by atoms with Crippen molar-refractivity contribution in [2.45, 2.75) is 59.3 Å². The van der Waals surface area contributed by atoms with Gasteiger partial charge in [0.2, 0.25) is 0 Å². The molecule has 0 amide bonds. The molecule has 1 aromatic heterocycles. The molecular weight excluding hydrogens is 184 g/mol. The number of hydrogen-bond donors (Lipinski definition) is 1. The van der Waals surface area contributed by atoms with Gasteiger partial charge in [0.05, 0.1) is 0 Å². The third kappa shape index (κ3) is 4.06. The van der Waals surface area contributed by atoms with E-state index in [-0.39, 0.29) is 0 Å². The van der Waals surface area contributed by atoms with Crippen LogP contribution in [0.4, 0.5) is 0 Å². The van der Waals surface area contributed by atoms with Crippen LogP contribution in [-0.2, 0) is 6.42 Å². The predicted molar refractivity (Wildman–Crippen MR) is 64.8 cm³/mol. The normalized spacial score (nSPS) is 15.1. The highest BCUT2D eigenvalue weighted by atomic mass is 14.9. The van der Waals surface area contributed by atoms with Crippen LogP contribution in [0.2, 0.25) is 0 Å². The van der Waals surface area contributed by atoms with Gasteiger partial charge < -0.3 is 4.98 Å². The zero-order valence-corrected chi connectivity index (χ0v) is 10.3. The number of aromatic nitrogens is 2. The zero-order valence-electron chi connectivity index (χ0n) is 10.3. The lowest BCUT2D eigenvalue weighted by Crippen LogP contribution is -2.20. The summed E-state index contributed by atoms with van der Waals surface area (Å²) in [6, 6.07) is 0. The summed E-state index contributed by atoms with van der Waals surface area (Å²) in [4.78, 5) is 7.55. The molecule has 0 spiro atoms. The lowest BCUT2D eigenvalue weighted by Gasteiger charge is -2.28. The van der Waals surface area contributed by atoms with Crippen LogP contribution < -0.4 is 0 Å². The summed E-state index contributed by atoms with van der Waals surface area (Å²) < 4.78 is 0. The van der Waals surface area contributed by atoms with Crippen molar-refractivity contribution in [2.75, 3.05) is 0 Å². The van der Waals surface area contributed by atoms with Gasteiger partial charge in [0.25, 0.3) is 0 Å². The first-order valence-corrected chi connectivity index (χ1v) is 6.18. The SMILES string of the molecule is CCCCC(C)(CCC)Cc1ncc[nH]1. The monoisotopic (exact) mass is 208 g/mol. The Morgan fingerprint density at radius 3 is 2.60 bits per heavy atom. The van der Waals surface area contributed by atoms with Gasteiger partial charge in [-0.2, -0.15) is 0 Å². The van der Waals surface area contributed by atoms with Gasteiger partial charge in [0.15, 0.2) is 0 Å². The molecule has 0 saturated carbocycles. The number of rotatable bonds is 7. The van der Waals surface area contributed by atoms with Gasteiger partial charge in [0, 0.05) is 18.8 Å². The molecule has 1 N–H and O–H groups in total. The number of H-pyrrole nitrogens is 1. The summed E-state index contributed by atoms with van der Waals surface area (Å²) in [6.07, 6.45) is 11.4. The maximum absolute atomic E-state index is 4.34. The Kier molecular flexibility index (Phi) is 4.86. The maximum atomic E-state index is 4.34. The van der Waals surface area contributed by atoms with E-state index in [1.54, 1.807) is 0 Å². The van der Waals surface area contributed by atoms with Gasteiger partial charge in [-0.3, -0.25) is 0 Å². The molecular formula is C13H24N2. The number of aromatic amines is 1. The van der Waals surface area contributed by atoms with E-state index < -0.39 is 0 Å². The molecule has 1 heterocycles. The fraction of sp³-hybridized carbons (Fsp3) is 0.769. The molecule has 1 atom stereocenters. The molecule has 0 aliphatic carbocycles. The van der Waals surface area contributed by atoms with Crippen molar-refractivity contribution in [2.24, 2.45) is 5.41 Å². The molecule has 1 rings (SSSR count). The van der Waals surface area contributed by atoms with E-state index in [1.807, 2.05) is 12.4 Å². The standard InChI is InChI=1S/C13H24N2/c1-4-6-8-13(3,7-5-2)11-12-14-9-10-15-12/h9-10H,4-8,11H2,1-3H3,(H,14,15). The van der Waals surface area contributed by atoms with Crippen LogP contribution in [0, 0.1) is 5.41 Å². The highest BCUT2D eigenvalue weighted by Crippen LogP contribution is 2.32. The molecule has 0 fully saturated rings. The summed E-state index contributed by atoms with van der Waals surface area (Å²) in [5.74, 6) is 1.14. The second-order valence-corrected chi connectivity index (χ2v) is 4.88. The number of nitrogens with zero attached hydrogens (tertiary/aromatic N) is 1. The Balaban J connectivity index is 2.55. The number of imidazole rings is 1. The minimum Gasteiger partial charge on any atom is -0.349 e. The fourth-order valence-corrected chi connectivity index (χ4v) is 2.31. The van der Waals surface area contributed by atoms with Gasteiger partial charge in [-0.25, -0.2) is 4.98 Å². The summed E-state index contributed by atoms with van der Waals surface area (Å²) in [5, 5.41) is 0. The molecule has 0 saturated heterocycles. The van der Waals surface area contributed by atoms with Crippen LogP contribution in [0.3, 0.4) is 0 Å². The lowest BCUT2D eigenvalue weighted by molar-refractivity contribution is 0.254. The molecule has 0 bridgehead atoms. The van der Waals surface area contributed by atoms with E-state index >= 15 is 0 Å². The molecule has 1 unspecified atom stereocenters. The molecule has 0 aromatic carbocycles. The highest BCUT2D eigenvalue weighted by molar-refractivity contribution is 4.93. The number of nitrogens with one attached hydrogen (secondary N) is 1. The third-order valence-electron chi connectivity index (χ3n) is 3.14. The van der Waals surface area contributed by atoms with E-state index in [9.17, 15) is 0 Å². The van der Waals surface area contributed by atoms with Gasteiger partial charge in [-0.15, -0.1) is 0 Å². The first-order chi connectivity index (χ1) is 7.20. The van der Waals surface area contributed by atoms with Crippen molar-refractivity contribution >= 4 is 0 Å². The molecule has 2 heteroatoms. The van der Waals surface area contributed by atoms with Crippen molar-refractivity contribution in [3.05, 3.63) is 18.2 Å². The van der Waals surface area contributed by atoms with Crippen LogP contribution in [0.1, 0.15) is 58.7 Å². The van der Waals surface area contributed by atoms with Crippen LogP contribution in [0.15, 0.2) is 12.4 Å². The molecule has 0 radical (unpaired) electrons. The first kappa shape index (κ1) is 12.3. The third-order valence-corrected chi connectivity index (χ3v) is 3.14. The average molecular weight is 208 g/mol. The van der Waals surface area contributed by atoms with Crippen LogP contribution in [-0.4, -0.2) is 9.97 Å². The molecule has 0 aliphatic rings. The van der Waals surface area contributed by atoms with Crippen molar-refractivity contribution < 1.29 is 0 Å². The van der Waals surface area contributed by atoms with Gasteiger partial charge >= 0.3 is 0 Å². The van der Waals surface area contributed by atoms with E-state index in [1.165, 1.54) is 32.1 Å².